The maximum Gasteiger partial charge on any atom is 0.234 e. The minimum absolute atomic E-state index is 0.0611. The van der Waals surface area contributed by atoms with Crippen LogP contribution in [0.4, 0.5) is 0 Å². The molecule has 2 rings (SSSR count). The fourth-order valence-electron chi connectivity index (χ4n) is 2.49. The monoisotopic (exact) mass is 277 g/mol. The van der Waals surface area contributed by atoms with Crippen molar-refractivity contribution >= 4 is 5.91 Å². The molecule has 1 fully saturated rings. The molecule has 0 bridgehead atoms. The Hall–Kier alpha value is -1.46. The van der Waals surface area contributed by atoms with Gasteiger partial charge in [-0.05, 0) is 37.9 Å². The third-order valence-electron chi connectivity index (χ3n) is 3.44. The molecule has 0 saturated carbocycles. The van der Waals surface area contributed by atoms with Crippen molar-refractivity contribution in [1.29, 1.82) is 0 Å². The van der Waals surface area contributed by atoms with Crippen molar-refractivity contribution in [2.75, 3.05) is 26.2 Å². The summed E-state index contributed by atoms with van der Waals surface area (Å²) in [5.41, 5.74) is 1.02. The van der Waals surface area contributed by atoms with Gasteiger partial charge < -0.3 is 10.1 Å². The lowest BCUT2D eigenvalue weighted by atomic mass is 10.1. The van der Waals surface area contributed by atoms with Crippen molar-refractivity contribution in [3.8, 4) is 0 Å². The molecular formula is C15H23N3O2. The van der Waals surface area contributed by atoms with E-state index in [0.717, 1.165) is 38.1 Å². The Morgan fingerprint density at radius 1 is 1.60 bits per heavy atom. The van der Waals surface area contributed by atoms with Crippen LogP contribution in [0.5, 0.6) is 0 Å². The van der Waals surface area contributed by atoms with E-state index in [1.807, 2.05) is 19.1 Å². The number of hydrogen-bond acceptors (Lipinski definition) is 4. The average molecular weight is 277 g/mol. The molecule has 20 heavy (non-hydrogen) atoms. The number of carbonyl (C=O) groups excluding carboxylic acids is 1. The average Bonchev–Trinajstić information content (AvgIpc) is 2.47. The number of nitrogens with one attached hydrogen (secondary N) is 1. The number of piperidine rings is 1. The molecule has 0 aliphatic carbocycles. The third-order valence-corrected chi connectivity index (χ3v) is 3.44. The van der Waals surface area contributed by atoms with Gasteiger partial charge in [-0.3, -0.25) is 14.7 Å². The molecule has 0 aromatic carbocycles. The fourth-order valence-corrected chi connectivity index (χ4v) is 2.49. The lowest BCUT2D eigenvalue weighted by Crippen LogP contribution is -2.44. The van der Waals surface area contributed by atoms with Gasteiger partial charge in [0, 0.05) is 32.1 Å². The van der Waals surface area contributed by atoms with Crippen molar-refractivity contribution in [2.24, 2.45) is 0 Å². The summed E-state index contributed by atoms with van der Waals surface area (Å²) in [5, 5.41) is 2.93. The molecule has 5 heteroatoms. The van der Waals surface area contributed by atoms with Crippen molar-refractivity contribution < 1.29 is 9.53 Å². The normalized spacial score (nSPS) is 19.8. The van der Waals surface area contributed by atoms with Gasteiger partial charge in [0.05, 0.1) is 12.6 Å². The van der Waals surface area contributed by atoms with Gasteiger partial charge in [-0.15, -0.1) is 0 Å². The zero-order chi connectivity index (χ0) is 14.2. The topological polar surface area (TPSA) is 54.5 Å². The van der Waals surface area contributed by atoms with Crippen molar-refractivity contribution in [1.82, 2.24) is 15.2 Å². The van der Waals surface area contributed by atoms with Crippen LogP contribution < -0.4 is 5.32 Å². The molecule has 1 amide bonds. The molecule has 110 valence electrons. The maximum atomic E-state index is 11.9. The molecule has 1 N–H and O–H groups in total. The van der Waals surface area contributed by atoms with Crippen LogP contribution in [0.2, 0.25) is 0 Å². The largest absolute Gasteiger partial charge is 0.377 e. The first-order valence-electron chi connectivity index (χ1n) is 7.27. The third kappa shape index (κ3) is 4.90. The minimum atomic E-state index is 0.0611. The highest BCUT2D eigenvalue weighted by molar-refractivity contribution is 5.78. The first kappa shape index (κ1) is 14.9. The van der Waals surface area contributed by atoms with Crippen molar-refractivity contribution in [3.05, 3.63) is 30.1 Å². The van der Waals surface area contributed by atoms with E-state index in [9.17, 15) is 4.79 Å². The molecule has 5 nitrogen and oxygen atoms in total. The number of hydrogen-bond donors (Lipinski definition) is 1. The summed E-state index contributed by atoms with van der Waals surface area (Å²) in [6, 6.07) is 3.83. The van der Waals surface area contributed by atoms with E-state index in [-0.39, 0.29) is 12.0 Å². The number of amides is 1. The van der Waals surface area contributed by atoms with Crippen LogP contribution >= 0.6 is 0 Å². The summed E-state index contributed by atoms with van der Waals surface area (Å²) in [7, 11) is 0. The van der Waals surface area contributed by atoms with E-state index in [1.165, 1.54) is 0 Å². The number of ether oxygens (including phenoxy) is 1. The second-order valence-corrected chi connectivity index (χ2v) is 5.09. The number of pyridine rings is 1. The number of aromatic nitrogens is 1. The van der Waals surface area contributed by atoms with E-state index in [0.29, 0.717) is 13.1 Å². The van der Waals surface area contributed by atoms with Crippen LogP contribution in [0, 0.1) is 0 Å². The van der Waals surface area contributed by atoms with Gasteiger partial charge in [0.1, 0.15) is 0 Å². The highest BCUT2D eigenvalue weighted by atomic mass is 16.5. The molecule has 0 spiro atoms. The molecule has 2 heterocycles. The molecule has 1 aromatic heterocycles. The second kappa shape index (κ2) is 7.97. The Morgan fingerprint density at radius 2 is 2.50 bits per heavy atom. The molecule has 0 radical (unpaired) electrons. The van der Waals surface area contributed by atoms with Gasteiger partial charge in [0.15, 0.2) is 0 Å². The fraction of sp³-hybridized carbons (Fsp3) is 0.600. The van der Waals surface area contributed by atoms with Crippen LogP contribution in [0.15, 0.2) is 24.5 Å². The molecular weight excluding hydrogens is 254 g/mol. The summed E-state index contributed by atoms with van der Waals surface area (Å²) in [6.45, 7) is 5.57. The van der Waals surface area contributed by atoms with Crippen LogP contribution in [-0.2, 0) is 16.1 Å². The minimum Gasteiger partial charge on any atom is -0.377 e. The van der Waals surface area contributed by atoms with Gasteiger partial charge in [0.2, 0.25) is 5.91 Å². The molecule has 1 aliphatic heterocycles. The Bertz CT molecular complexity index is 409. The van der Waals surface area contributed by atoms with E-state index in [2.05, 4.69) is 15.2 Å². The van der Waals surface area contributed by atoms with E-state index < -0.39 is 0 Å². The predicted molar refractivity (Wildman–Crippen MR) is 77.2 cm³/mol. The zero-order valence-electron chi connectivity index (χ0n) is 12.0. The van der Waals surface area contributed by atoms with Crippen LogP contribution in [0.25, 0.3) is 0 Å². The lowest BCUT2D eigenvalue weighted by Gasteiger charge is -2.31. The summed E-state index contributed by atoms with van der Waals surface area (Å²) in [4.78, 5) is 18.1. The smallest absolute Gasteiger partial charge is 0.234 e. The Labute approximate surface area is 120 Å². The molecule has 1 atom stereocenters. The molecule has 1 aliphatic rings. The summed E-state index contributed by atoms with van der Waals surface area (Å²) in [5.74, 6) is 0.0611. The number of likely N-dealkylation sites (tertiary alicyclic amines) is 1. The van der Waals surface area contributed by atoms with Crippen molar-refractivity contribution in [2.45, 2.75) is 32.4 Å². The van der Waals surface area contributed by atoms with Crippen LogP contribution in [0.1, 0.15) is 25.3 Å². The first-order valence-corrected chi connectivity index (χ1v) is 7.27. The maximum absolute atomic E-state index is 11.9. The van der Waals surface area contributed by atoms with E-state index in [1.54, 1.807) is 12.4 Å². The van der Waals surface area contributed by atoms with Crippen LogP contribution in [0.3, 0.4) is 0 Å². The first-order chi connectivity index (χ1) is 9.78. The quantitative estimate of drug-likeness (QED) is 0.849. The van der Waals surface area contributed by atoms with Crippen molar-refractivity contribution in [3.63, 3.8) is 0 Å². The summed E-state index contributed by atoms with van der Waals surface area (Å²) in [6.07, 6.45) is 5.97. The number of nitrogens with zero attached hydrogens (tertiary/aromatic N) is 2. The molecule has 1 saturated heterocycles. The Kier molecular flexibility index (Phi) is 5.95. The lowest BCUT2D eigenvalue weighted by molar-refractivity contribution is -0.123. The summed E-state index contributed by atoms with van der Waals surface area (Å²) < 4.78 is 5.64. The van der Waals surface area contributed by atoms with Gasteiger partial charge in [-0.2, -0.15) is 0 Å². The molecule has 1 unspecified atom stereocenters. The van der Waals surface area contributed by atoms with E-state index >= 15 is 0 Å². The highest BCUT2D eigenvalue weighted by Crippen LogP contribution is 2.12. The van der Waals surface area contributed by atoms with Crippen LogP contribution in [-0.4, -0.2) is 48.1 Å². The summed E-state index contributed by atoms with van der Waals surface area (Å²) >= 11 is 0. The number of carbonyl (C=O) groups is 1. The van der Waals surface area contributed by atoms with Gasteiger partial charge >= 0.3 is 0 Å². The predicted octanol–water partition coefficient (Wildman–Crippen LogP) is 1.20. The van der Waals surface area contributed by atoms with Gasteiger partial charge in [-0.1, -0.05) is 6.07 Å². The molecule has 1 aromatic rings. The number of rotatable bonds is 6. The van der Waals surface area contributed by atoms with Gasteiger partial charge in [0.25, 0.3) is 0 Å². The Balaban J connectivity index is 1.71. The van der Waals surface area contributed by atoms with Gasteiger partial charge in [-0.25, -0.2) is 0 Å². The standard InChI is InChI=1S/C15H23N3O2/c1-2-20-14-6-4-8-18(11-14)12-15(19)17-10-13-5-3-7-16-9-13/h3,5,7,9,14H,2,4,6,8,10-12H2,1H3,(H,17,19). The van der Waals surface area contributed by atoms with E-state index in [4.69, 9.17) is 4.74 Å². The highest BCUT2D eigenvalue weighted by Gasteiger charge is 2.21. The zero-order valence-corrected chi connectivity index (χ0v) is 12.0. The Morgan fingerprint density at radius 3 is 3.25 bits per heavy atom. The SMILES string of the molecule is CCOC1CCCN(CC(=O)NCc2cccnc2)C1. The second-order valence-electron chi connectivity index (χ2n) is 5.09.